The number of carboxylic acid groups (broad SMARTS) is 1. The highest BCUT2D eigenvalue weighted by Crippen LogP contribution is 2.25. The molecule has 1 aliphatic rings. The first-order valence-corrected chi connectivity index (χ1v) is 7.25. The first kappa shape index (κ1) is 16.7. The van der Waals surface area contributed by atoms with E-state index in [1.165, 1.54) is 15.9 Å². The molecule has 1 fully saturated rings. The molecule has 0 bridgehead atoms. The van der Waals surface area contributed by atoms with Gasteiger partial charge in [0.25, 0.3) is 0 Å². The number of nitrogens with one attached hydrogen (secondary N) is 2. The lowest BCUT2D eigenvalue weighted by atomic mass is 10.1. The summed E-state index contributed by atoms with van der Waals surface area (Å²) in [5.74, 6) is -1.30. The fourth-order valence-corrected chi connectivity index (χ4v) is 2.37. The molecule has 3 N–H and O–H groups in total. The van der Waals surface area contributed by atoms with Crippen molar-refractivity contribution in [3.8, 4) is 0 Å². The second-order valence-corrected chi connectivity index (χ2v) is 5.70. The average Bonchev–Trinajstić information content (AvgIpc) is 3.08. The molecule has 2 atom stereocenters. The quantitative estimate of drug-likeness (QED) is 0.684. The van der Waals surface area contributed by atoms with E-state index in [-0.39, 0.29) is 24.4 Å². The molecule has 0 radical (unpaired) electrons. The van der Waals surface area contributed by atoms with Crippen molar-refractivity contribution in [2.24, 2.45) is 5.92 Å². The van der Waals surface area contributed by atoms with Crippen molar-refractivity contribution >= 4 is 23.9 Å². The van der Waals surface area contributed by atoms with Crippen molar-refractivity contribution in [2.75, 3.05) is 19.4 Å². The van der Waals surface area contributed by atoms with Crippen molar-refractivity contribution in [1.29, 1.82) is 0 Å². The first-order chi connectivity index (χ1) is 10.8. The van der Waals surface area contributed by atoms with Gasteiger partial charge in [-0.1, -0.05) is 0 Å². The van der Waals surface area contributed by atoms with Crippen LogP contribution in [-0.2, 0) is 16.1 Å². The molecule has 0 spiro atoms. The Balaban J connectivity index is 1.81. The third-order valence-corrected chi connectivity index (χ3v) is 3.67. The minimum atomic E-state index is -0.833. The van der Waals surface area contributed by atoms with E-state index in [0.717, 1.165) is 0 Å². The highest BCUT2D eigenvalue weighted by atomic mass is 16.4. The summed E-state index contributed by atoms with van der Waals surface area (Å²) in [6.07, 6.45) is 2.96. The molecule has 1 aromatic heterocycles. The number of aliphatic carboxylic acids is 1. The minimum Gasteiger partial charge on any atom is -0.481 e. The predicted octanol–water partition coefficient (Wildman–Crippen LogP) is -0.259. The van der Waals surface area contributed by atoms with Crippen molar-refractivity contribution in [3.63, 3.8) is 0 Å². The SMILES string of the molecule is CN(C)C(=O)Cn1cnc(NC(=O)N[C@@H]2CC[C@H](C(=O)O)C2)n1. The topological polar surface area (TPSA) is 129 Å². The van der Waals surface area contributed by atoms with E-state index in [2.05, 4.69) is 20.7 Å². The van der Waals surface area contributed by atoms with E-state index in [0.29, 0.717) is 19.3 Å². The molecule has 1 saturated carbocycles. The molecule has 3 amide bonds. The van der Waals surface area contributed by atoms with E-state index >= 15 is 0 Å². The fourth-order valence-electron chi connectivity index (χ4n) is 2.37. The molecule has 126 valence electrons. The number of carbonyl (C=O) groups is 3. The molecule has 2 rings (SSSR count). The number of hydrogen-bond donors (Lipinski definition) is 3. The van der Waals surface area contributed by atoms with Crippen molar-refractivity contribution < 1.29 is 19.5 Å². The van der Waals surface area contributed by atoms with Crippen LogP contribution < -0.4 is 10.6 Å². The molecular formula is C13H20N6O4. The Morgan fingerprint density at radius 3 is 2.74 bits per heavy atom. The summed E-state index contributed by atoms with van der Waals surface area (Å²) in [5, 5.41) is 18.1. The van der Waals surface area contributed by atoms with Crippen LogP contribution in [0.4, 0.5) is 10.7 Å². The van der Waals surface area contributed by atoms with Crippen molar-refractivity contribution in [1.82, 2.24) is 25.0 Å². The number of rotatable bonds is 5. The number of anilines is 1. The zero-order valence-corrected chi connectivity index (χ0v) is 13.0. The number of carbonyl (C=O) groups excluding carboxylic acids is 2. The highest BCUT2D eigenvalue weighted by Gasteiger charge is 2.30. The fraction of sp³-hybridized carbons (Fsp3) is 0.615. The normalized spacial score (nSPS) is 20.1. The van der Waals surface area contributed by atoms with Crippen LogP contribution in [-0.4, -0.2) is 62.8 Å². The van der Waals surface area contributed by atoms with Crippen LogP contribution >= 0.6 is 0 Å². The Morgan fingerprint density at radius 2 is 2.13 bits per heavy atom. The predicted molar refractivity (Wildman–Crippen MR) is 79.6 cm³/mol. The molecule has 1 aromatic rings. The first-order valence-electron chi connectivity index (χ1n) is 7.25. The molecule has 1 heterocycles. The summed E-state index contributed by atoms with van der Waals surface area (Å²) in [6.45, 7) is 0.0339. The Hall–Kier alpha value is -2.65. The molecule has 1 aliphatic carbocycles. The number of amides is 3. The monoisotopic (exact) mass is 324 g/mol. The van der Waals surface area contributed by atoms with Gasteiger partial charge in [-0.15, -0.1) is 5.10 Å². The molecule has 23 heavy (non-hydrogen) atoms. The highest BCUT2D eigenvalue weighted by molar-refractivity contribution is 5.87. The number of nitrogens with zero attached hydrogens (tertiary/aromatic N) is 4. The maximum absolute atomic E-state index is 11.9. The lowest BCUT2D eigenvalue weighted by Crippen LogP contribution is -2.37. The van der Waals surface area contributed by atoms with Gasteiger partial charge in [0.2, 0.25) is 11.9 Å². The third-order valence-electron chi connectivity index (χ3n) is 3.67. The lowest BCUT2D eigenvalue weighted by Gasteiger charge is -2.12. The van der Waals surface area contributed by atoms with Gasteiger partial charge in [-0.3, -0.25) is 14.9 Å². The van der Waals surface area contributed by atoms with Crippen molar-refractivity contribution in [3.05, 3.63) is 6.33 Å². The lowest BCUT2D eigenvalue weighted by molar-refractivity contribution is -0.141. The summed E-state index contributed by atoms with van der Waals surface area (Å²) >= 11 is 0. The van der Waals surface area contributed by atoms with Gasteiger partial charge in [-0.05, 0) is 19.3 Å². The summed E-state index contributed by atoms with van der Waals surface area (Å²) in [5.41, 5.74) is 0. The number of likely N-dealkylation sites (N-methyl/N-ethyl adjacent to an activating group) is 1. The number of carboxylic acids is 1. The van der Waals surface area contributed by atoms with Crippen LogP contribution in [0.5, 0.6) is 0 Å². The van der Waals surface area contributed by atoms with Crippen LogP contribution in [0.1, 0.15) is 19.3 Å². The molecule has 0 unspecified atom stereocenters. The standard InChI is InChI=1S/C13H20N6O4/c1-18(2)10(20)6-19-7-14-12(17-19)16-13(23)15-9-4-3-8(5-9)11(21)22/h7-9H,3-6H2,1-2H3,(H,21,22)(H2,15,16,17,23)/t8-,9+/m0/s1. The number of aromatic nitrogens is 3. The number of hydrogen-bond acceptors (Lipinski definition) is 5. The van der Waals surface area contributed by atoms with Crippen LogP contribution in [0.2, 0.25) is 0 Å². The van der Waals surface area contributed by atoms with E-state index in [9.17, 15) is 14.4 Å². The zero-order chi connectivity index (χ0) is 17.0. The van der Waals surface area contributed by atoms with Gasteiger partial charge in [-0.25, -0.2) is 14.5 Å². The van der Waals surface area contributed by atoms with Gasteiger partial charge in [0, 0.05) is 20.1 Å². The average molecular weight is 324 g/mol. The summed E-state index contributed by atoms with van der Waals surface area (Å²) in [4.78, 5) is 39.6. The summed E-state index contributed by atoms with van der Waals surface area (Å²) in [6, 6.07) is -0.661. The molecule has 0 aromatic carbocycles. The molecular weight excluding hydrogens is 304 g/mol. The second-order valence-electron chi connectivity index (χ2n) is 5.70. The van der Waals surface area contributed by atoms with Crippen LogP contribution in [0, 0.1) is 5.92 Å². The third kappa shape index (κ3) is 4.66. The smallest absolute Gasteiger partial charge is 0.321 e. The number of urea groups is 1. The maximum atomic E-state index is 11.9. The van der Waals surface area contributed by atoms with Crippen LogP contribution in [0.25, 0.3) is 0 Å². The Labute approximate surface area is 132 Å². The van der Waals surface area contributed by atoms with E-state index in [1.807, 2.05) is 0 Å². The summed E-state index contributed by atoms with van der Waals surface area (Å²) in [7, 11) is 3.27. The minimum absolute atomic E-state index is 0.0339. The zero-order valence-electron chi connectivity index (χ0n) is 13.0. The van der Waals surface area contributed by atoms with Gasteiger partial charge in [-0.2, -0.15) is 0 Å². The van der Waals surface area contributed by atoms with Crippen LogP contribution in [0.3, 0.4) is 0 Å². The van der Waals surface area contributed by atoms with Gasteiger partial charge in [0.05, 0.1) is 5.92 Å². The Kier molecular flexibility index (Phi) is 5.14. The maximum Gasteiger partial charge on any atom is 0.321 e. The van der Waals surface area contributed by atoms with Gasteiger partial charge in [0.15, 0.2) is 0 Å². The van der Waals surface area contributed by atoms with Gasteiger partial charge in [0.1, 0.15) is 12.9 Å². The van der Waals surface area contributed by atoms with Gasteiger partial charge < -0.3 is 15.3 Å². The largest absolute Gasteiger partial charge is 0.481 e. The van der Waals surface area contributed by atoms with E-state index < -0.39 is 17.9 Å². The molecule has 10 nitrogen and oxygen atoms in total. The van der Waals surface area contributed by atoms with E-state index in [1.54, 1.807) is 14.1 Å². The van der Waals surface area contributed by atoms with Crippen molar-refractivity contribution in [2.45, 2.75) is 31.8 Å². The van der Waals surface area contributed by atoms with Crippen LogP contribution in [0.15, 0.2) is 6.33 Å². The molecule has 0 saturated heterocycles. The molecule has 10 heteroatoms. The molecule has 0 aliphatic heterocycles. The van der Waals surface area contributed by atoms with E-state index in [4.69, 9.17) is 5.11 Å². The summed E-state index contributed by atoms with van der Waals surface area (Å²) < 4.78 is 1.33. The second kappa shape index (κ2) is 7.07. The van der Waals surface area contributed by atoms with Gasteiger partial charge >= 0.3 is 12.0 Å². The Morgan fingerprint density at radius 1 is 1.39 bits per heavy atom. The Bertz CT molecular complexity index is 599.